The summed E-state index contributed by atoms with van der Waals surface area (Å²) in [5.41, 5.74) is 2.32. The Balaban J connectivity index is 1.52. The summed E-state index contributed by atoms with van der Waals surface area (Å²) < 4.78 is 5.26. The van der Waals surface area contributed by atoms with Crippen LogP contribution in [0.25, 0.3) is 0 Å². The molecule has 1 saturated heterocycles. The third-order valence-corrected chi connectivity index (χ3v) is 6.40. The summed E-state index contributed by atoms with van der Waals surface area (Å²) in [4.78, 5) is 2.51. The predicted octanol–water partition coefficient (Wildman–Crippen LogP) is 4.89. The molecule has 1 unspecified atom stereocenters. The predicted molar refractivity (Wildman–Crippen MR) is 122 cm³/mol. The normalized spacial score (nSPS) is 17.6. The number of nitrogens with zero attached hydrogens (tertiary/aromatic N) is 1. The van der Waals surface area contributed by atoms with E-state index in [4.69, 9.17) is 4.74 Å². The molecule has 1 fully saturated rings. The van der Waals surface area contributed by atoms with Gasteiger partial charge in [0.15, 0.2) is 0 Å². The molecule has 3 aromatic rings. The molecule has 1 N–H and O–H groups in total. The zero-order valence-electron chi connectivity index (χ0n) is 17.7. The number of rotatable bonds is 7. The highest BCUT2D eigenvalue weighted by Gasteiger charge is 2.41. The molecule has 1 heterocycles. The summed E-state index contributed by atoms with van der Waals surface area (Å²) >= 11 is 0. The summed E-state index contributed by atoms with van der Waals surface area (Å²) in [7, 11) is 1.70. The molecule has 0 bridgehead atoms. The second kappa shape index (κ2) is 9.46. The van der Waals surface area contributed by atoms with E-state index in [1.807, 2.05) is 48.5 Å². The molecule has 30 heavy (non-hydrogen) atoms. The van der Waals surface area contributed by atoms with Crippen LogP contribution in [0.3, 0.4) is 0 Å². The third kappa shape index (κ3) is 4.43. The lowest BCUT2D eigenvalue weighted by molar-refractivity contribution is -0.0196. The van der Waals surface area contributed by atoms with E-state index < -0.39 is 5.60 Å². The van der Waals surface area contributed by atoms with Gasteiger partial charge in [-0.15, -0.1) is 0 Å². The van der Waals surface area contributed by atoms with Crippen LogP contribution in [0.4, 0.5) is 0 Å². The van der Waals surface area contributed by atoms with Crippen molar-refractivity contribution in [2.75, 3.05) is 26.7 Å². The van der Waals surface area contributed by atoms with Crippen molar-refractivity contribution in [3.05, 3.63) is 102 Å². The van der Waals surface area contributed by atoms with Crippen LogP contribution in [-0.2, 0) is 12.0 Å². The Morgan fingerprint density at radius 3 is 2.07 bits per heavy atom. The van der Waals surface area contributed by atoms with Gasteiger partial charge in [-0.3, -0.25) is 0 Å². The number of aliphatic hydroxyl groups is 1. The highest BCUT2D eigenvalue weighted by Crippen LogP contribution is 2.41. The fourth-order valence-corrected chi connectivity index (χ4v) is 4.70. The molecule has 3 aromatic carbocycles. The fraction of sp³-hybridized carbons (Fsp3) is 0.333. The van der Waals surface area contributed by atoms with Gasteiger partial charge in [-0.25, -0.2) is 0 Å². The van der Waals surface area contributed by atoms with Crippen LogP contribution in [0.2, 0.25) is 0 Å². The van der Waals surface area contributed by atoms with Crippen LogP contribution in [0.5, 0.6) is 5.75 Å². The number of methoxy groups -OCH3 is 1. The second-order valence-electron chi connectivity index (χ2n) is 8.24. The molecule has 0 amide bonds. The molecule has 3 heteroatoms. The number of piperidine rings is 1. The van der Waals surface area contributed by atoms with Gasteiger partial charge in [0.05, 0.1) is 7.11 Å². The van der Waals surface area contributed by atoms with Gasteiger partial charge in [-0.1, -0.05) is 72.8 Å². The van der Waals surface area contributed by atoms with E-state index in [0.717, 1.165) is 55.8 Å². The first-order chi connectivity index (χ1) is 14.7. The van der Waals surface area contributed by atoms with E-state index in [2.05, 4.69) is 41.3 Å². The van der Waals surface area contributed by atoms with Crippen LogP contribution >= 0.6 is 0 Å². The monoisotopic (exact) mass is 401 g/mol. The van der Waals surface area contributed by atoms with Crippen LogP contribution in [-0.4, -0.2) is 36.8 Å². The third-order valence-electron chi connectivity index (χ3n) is 6.40. The van der Waals surface area contributed by atoms with Crippen molar-refractivity contribution in [1.29, 1.82) is 0 Å². The Labute approximate surface area is 179 Å². The van der Waals surface area contributed by atoms with Crippen molar-refractivity contribution in [3.8, 4) is 5.75 Å². The lowest BCUT2D eigenvalue weighted by Crippen LogP contribution is -2.47. The van der Waals surface area contributed by atoms with E-state index in [1.54, 1.807) is 7.11 Å². The molecule has 0 saturated carbocycles. The maximum absolute atomic E-state index is 12.1. The van der Waals surface area contributed by atoms with Crippen molar-refractivity contribution in [2.45, 2.75) is 24.9 Å². The quantitative estimate of drug-likeness (QED) is 0.612. The molecule has 1 aliphatic rings. The Bertz CT molecular complexity index is 869. The van der Waals surface area contributed by atoms with Crippen molar-refractivity contribution < 1.29 is 9.84 Å². The number of benzene rings is 3. The lowest BCUT2D eigenvalue weighted by Gasteiger charge is -2.43. The first kappa shape index (κ1) is 20.6. The molecule has 156 valence electrons. The van der Waals surface area contributed by atoms with Gasteiger partial charge in [0.1, 0.15) is 11.4 Å². The van der Waals surface area contributed by atoms with Gasteiger partial charge in [0, 0.05) is 19.0 Å². The minimum atomic E-state index is -0.971. The lowest BCUT2D eigenvalue weighted by atomic mass is 9.73. The maximum atomic E-state index is 12.1. The van der Waals surface area contributed by atoms with Crippen LogP contribution < -0.4 is 4.74 Å². The number of likely N-dealkylation sites (tertiary alicyclic amines) is 1. The molecule has 1 atom stereocenters. The van der Waals surface area contributed by atoms with Crippen LogP contribution in [0.15, 0.2) is 84.9 Å². The van der Waals surface area contributed by atoms with Crippen molar-refractivity contribution in [3.63, 3.8) is 0 Å². The number of ether oxygens (including phenoxy) is 1. The topological polar surface area (TPSA) is 32.7 Å². The van der Waals surface area contributed by atoms with E-state index in [1.165, 1.54) is 5.56 Å². The minimum Gasteiger partial charge on any atom is -0.497 e. The van der Waals surface area contributed by atoms with Crippen LogP contribution in [0.1, 0.15) is 29.5 Å². The van der Waals surface area contributed by atoms with E-state index in [-0.39, 0.29) is 5.92 Å². The highest BCUT2D eigenvalue weighted by molar-refractivity contribution is 5.37. The summed E-state index contributed by atoms with van der Waals surface area (Å²) in [6.45, 7) is 2.99. The molecule has 0 radical (unpaired) electrons. The smallest absolute Gasteiger partial charge is 0.119 e. The number of hydrogen-bond acceptors (Lipinski definition) is 3. The zero-order chi connectivity index (χ0) is 20.8. The van der Waals surface area contributed by atoms with E-state index >= 15 is 0 Å². The summed E-state index contributed by atoms with van der Waals surface area (Å²) in [6.07, 6.45) is 3.14. The molecule has 0 aliphatic carbocycles. The Kier molecular flexibility index (Phi) is 6.51. The molecule has 4 rings (SSSR count). The van der Waals surface area contributed by atoms with Gasteiger partial charge < -0.3 is 14.7 Å². The summed E-state index contributed by atoms with van der Waals surface area (Å²) in [5.74, 6) is 1.06. The fourth-order valence-electron chi connectivity index (χ4n) is 4.70. The Morgan fingerprint density at radius 1 is 0.900 bits per heavy atom. The van der Waals surface area contributed by atoms with Gasteiger partial charge in [0.25, 0.3) is 0 Å². The van der Waals surface area contributed by atoms with Gasteiger partial charge in [-0.05, 0) is 54.6 Å². The van der Waals surface area contributed by atoms with Crippen molar-refractivity contribution in [1.82, 2.24) is 4.90 Å². The molecule has 3 nitrogen and oxygen atoms in total. The summed E-state index contributed by atoms with van der Waals surface area (Å²) in [5, 5.41) is 12.1. The average molecular weight is 402 g/mol. The molecule has 0 spiro atoms. The standard InChI is InChI=1S/C27H31NO2/c1-30-26-16-14-22(15-17-26)18-20-28-19-8-13-25(21-28)27(29,23-9-4-2-5-10-23)24-11-6-3-7-12-24/h2-7,9-12,14-17,25,29H,8,13,18-21H2,1H3. The largest absolute Gasteiger partial charge is 0.497 e. The molecular weight excluding hydrogens is 370 g/mol. The van der Waals surface area contributed by atoms with Crippen molar-refractivity contribution >= 4 is 0 Å². The minimum absolute atomic E-state index is 0.159. The molecular formula is C27H31NO2. The van der Waals surface area contributed by atoms with Gasteiger partial charge in [0.2, 0.25) is 0 Å². The number of hydrogen-bond donors (Lipinski definition) is 1. The van der Waals surface area contributed by atoms with E-state index in [9.17, 15) is 5.11 Å². The zero-order valence-corrected chi connectivity index (χ0v) is 17.7. The average Bonchev–Trinajstić information content (AvgIpc) is 2.84. The van der Waals surface area contributed by atoms with Gasteiger partial charge >= 0.3 is 0 Å². The Morgan fingerprint density at radius 2 is 1.50 bits per heavy atom. The maximum Gasteiger partial charge on any atom is 0.119 e. The van der Waals surface area contributed by atoms with Gasteiger partial charge in [-0.2, -0.15) is 0 Å². The van der Waals surface area contributed by atoms with Crippen molar-refractivity contribution in [2.24, 2.45) is 5.92 Å². The highest BCUT2D eigenvalue weighted by atomic mass is 16.5. The second-order valence-corrected chi connectivity index (χ2v) is 8.24. The SMILES string of the molecule is COc1ccc(CCN2CCCC(C(O)(c3ccccc3)c3ccccc3)C2)cc1. The van der Waals surface area contributed by atoms with E-state index in [0.29, 0.717) is 0 Å². The first-order valence-corrected chi connectivity index (χ1v) is 10.9. The molecule has 0 aromatic heterocycles. The molecule has 1 aliphatic heterocycles. The first-order valence-electron chi connectivity index (χ1n) is 10.9. The summed E-state index contributed by atoms with van der Waals surface area (Å²) in [6, 6.07) is 28.7. The Hall–Kier alpha value is -2.62. The van der Waals surface area contributed by atoms with Crippen LogP contribution in [0, 0.1) is 5.92 Å².